The summed E-state index contributed by atoms with van der Waals surface area (Å²) in [5, 5.41) is 6.80. The lowest BCUT2D eigenvalue weighted by molar-refractivity contribution is -0.114. The second kappa shape index (κ2) is 5.51. The molecule has 2 N–H and O–H groups in total. The second-order valence-electron chi connectivity index (χ2n) is 5.11. The molecule has 1 aliphatic heterocycles. The zero-order valence-corrected chi connectivity index (χ0v) is 13.4. The van der Waals surface area contributed by atoms with E-state index in [-0.39, 0.29) is 23.2 Å². The SMILES string of the molecule is Cc1cc(NC(=O)CN=C2NS(=O)(=O)c3ccccc32)n(C)n1. The average Bonchev–Trinajstić information content (AvgIpc) is 2.94. The van der Waals surface area contributed by atoms with Gasteiger partial charge in [0.15, 0.2) is 0 Å². The molecule has 0 bridgehead atoms. The molecule has 0 saturated heterocycles. The smallest absolute Gasteiger partial charge is 0.263 e. The third-order valence-electron chi connectivity index (χ3n) is 3.31. The van der Waals surface area contributed by atoms with Gasteiger partial charge in [-0.3, -0.25) is 19.2 Å². The van der Waals surface area contributed by atoms with Gasteiger partial charge in [-0.1, -0.05) is 12.1 Å². The minimum absolute atomic E-state index is 0.168. The van der Waals surface area contributed by atoms with Crippen molar-refractivity contribution in [2.75, 3.05) is 11.9 Å². The summed E-state index contributed by atoms with van der Waals surface area (Å²) in [5.74, 6) is 0.376. The lowest BCUT2D eigenvalue weighted by atomic mass is 10.2. The van der Waals surface area contributed by atoms with Crippen LogP contribution in [-0.2, 0) is 21.9 Å². The topological polar surface area (TPSA) is 105 Å². The Morgan fingerprint density at radius 2 is 2.13 bits per heavy atom. The average molecular weight is 333 g/mol. The lowest BCUT2D eigenvalue weighted by Crippen LogP contribution is -2.24. The minimum atomic E-state index is -3.59. The van der Waals surface area contributed by atoms with Gasteiger partial charge in [-0.25, -0.2) is 8.42 Å². The van der Waals surface area contributed by atoms with Crippen LogP contribution in [0, 0.1) is 6.92 Å². The number of fused-ring (bicyclic) bond motifs is 1. The number of nitrogens with zero attached hydrogens (tertiary/aromatic N) is 3. The molecule has 1 aromatic heterocycles. The third-order valence-corrected chi connectivity index (χ3v) is 4.71. The predicted molar refractivity (Wildman–Crippen MR) is 84.7 cm³/mol. The van der Waals surface area contributed by atoms with E-state index in [1.807, 2.05) is 6.92 Å². The molecule has 2 aromatic rings. The molecule has 0 spiro atoms. The van der Waals surface area contributed by atoms with Crippen molar-refractivity contribution in [3.05, 3.63) is 41.6 Å². The van der Waals surface area contributed by atoms with Crippen LogP contribution in [0.3, 0.4) is 0 Å². The fraction of sp³-hybridized carbons (Fsp3) is 0.214. The van der Waals surface area contributed by atoms with Crippen molar-refractivity contribution >= 4 is 27.6 Å². The molecule has 1 aromatic carbocycles. The summed E-state index contributed by atoms with van der Waals surface area (Å²) in [6.45, 7) is 1.62. The summed E-state index contributed by atoms with van der Waals surface area (Å²) in [6.07, 6.45) is 0. The Kier molecular flexibility index (Phi) is 3.64. The number of amidine groups is 1. The number of amides is 1. The van der Waals surface area contributed by atoms with Crippen molar-refractivity contribution in [1.29, 1.82) is 0 Å². The maximum atomic E-state index is 12.0. The summed E-state index contributed by atoms with van der Waals surface area (Å²) < 4.78 is 27.8. The number of anilines is 1. The molecule has 0 radical (unpaired) electrons. The van der Waals surface area contributed by atoms with Gasteiger partial charge < -0.3 is 5.32 Å². The van der Waals surface area contributed by atoms with Crippen LogP contribution in [-0.4, -0.2) is 36.5 Å². The molecule has 0 aliphatic carbocycles. The quantitative estimate of drug-likeness (QED) is 0.848. The molecule has 3 rings (SSSR count). The first-order valence-corrected chi connectivity index (χ1v) is 8.32. The van der Waals surface area contributed by atoms with E-state index in [4.69, 9.17) is 0 Å². The van der Waals surface area contributed by atoms with Crippen molar-refractivity contribution in [3.8, 4) is 0 Å². The summed E-state index contributed by atoms with van der Waals surface area (Å²) >= 11 is 0. The van der Waals surface area contributed by atoms with Gasteiger partial charge in [0.25, 0.3) is 10.0 Å². The molecule has 0 atom stereocenters. The van der Waals surface area contributed by atoms with Crippen LogP contribution in [0.4, 0.5) is 5.82 Å². The summed E-state index contributed by atoms with van der Waals surface area (Å²) in [4.78, 5) is 16.2. The van der Waals surface area contributed by atoms with Crippen molar-refractivity contribution in [1.82, 2.24) is 14.5 Å². The van der Waals surface area contributed by atoms with Gasteiger partial charge in [0.2, 0.25) is 5.91 Å². The number of carbonyl (C=O) groups is 1. The van der Waals surface area contributed by atoms with E-state index in [0.29, 0.717) is 11.4 Å². The normalized spacial score (nSPS) is 16.9. The monoisotopic (exact) mass is 333 g/mol. The Morgan fingerprint density at radius 3 is 2.83 bits per heavy atom. The van der Waals surface area contributed by atoms with E-state index in [2.05, 4.69) is 20.1 Å². The largest absolute Gasteiger partial charge is 0.309 e. The van der Waals surface area contributed by atoms with Crippen LogP contribution >= 0.6 is 0 Å². The van der Waals surface area contributed by atoms with Gasteiger partial charge >= 0.3 is 0 Å². The molecule has 0 fully saturated rings. The van der Waals surface area contributed by atoms with Crippen LogP contribution in [0.5, 0.6) is 0 Å². The minimum Gasteiger partial charge on any atom is -0.309 e. The van der Waals surface area contributed by atoms with E-state index in [1.54, 1.807) is 36.0 Å². The number of nitrogens with one attached hydrogen (secondary N) is 2. The molecule has 9 heteroatoms. The first-order valence-electron chi connectivity index (χ1n) is 6.84. The van der Waals surface area contributed by atoms with E-state index in [1.165, 1.54) is 6.07 Å². The molecule has 0 saturated carbocycles. The molecular weight excluding hydrogens is 318 g/mol. The highest BCUT2D eigenvalue weighted by atomic mass is 32.2. The van der Waals surface area contributed by atoms with Gasteiger partial charge in [-0.2, -0.15) is 5.10 Å². The fourth-order valence-electron chi connectivity index (χ4n) is 2.31. The number of benzene rings is 1. The molecule has 2 heterocycles. The molecule has 0 unspecified atom stereocenters. The number of hydrogen-bond acceptors (Lipinski definition) is 5. The number of aryl methyl sites for hydroxylation is 2. The van der Waals surface area contributed by atoms with Crippen LogP contribution in [0.2, 0.25) is 0 Å². The zero-order chi connectivity index (χ0) is 16.6. The number of hydrogen-bond donors (Lipinski definition) is 2. The Hall–Kier alpha value is -2.68. The summed E-state index contributed by atoms with van der Waals surface area (Å²) in [6, 6.07) is 8.24. The molecule has 1 aliphatic rings. The van der Waals surface area contributed by atoms with Crippen molar-refractivity contribution in [3.63, 3.8) is 0 Å². The van der Waals surface area contributed by atoms with E-state index >= 15 is 0 Å². The highest BCUT2D eigenvalue weighted by Gasteiger charge is 2.30. The van der Waals surface area contributed by atoms with Gasteiger partial charge in [0.1, 0.15) is 18.2 Å². The van der Waals surface area contributed by atoms with Gasteiger partial charge in [-0.15, -0.1) is 0 Å². The standard InChI is InChI=1S/C14H15N5O3S/c1-9-7-12(19(2)17-9)16-13(20)8-15-14-10-5-3-4-6-11(10)23(21,22)18-14/h3-7H,8H2,1-2H3,(H,15,18)(H,16,20). The third kappa shape index (κ3) is 2.95. The van der Waals surface area contributed by atoms with E-state index in [9.17, 15) is 13.2 Å². The Balaban J connectivity index is 1.76. The van der Waals surface area contributed by atoms with Gasteiger partial charge in [-0.05, 0) is 19.1 Å². The molecule has 1 amide bonds. The van der Waals surface area contributed by atoms with Gasteiger partial charge in [0.05, 0.1) is 10.6 Å². The Morgan fingerprint density at radius 1 is 1.39 bits per heavy atom. The van der Waals surface area contributed by atoms with Crippen LogP contribution in [0.15, 0.2) is 40.2 Å². The first-order chi connectivity index (χ1) is 10.9. The van der Waals surface area contributed by atoms with Crippen LogP contribution < -0.4 is 10.0 Å². The van der Waals surface area contributed by atoms with E-state index in [0.717, 1.165) is 5.69 Å². The van der Waals surface area contributed by atoms with Gasteiger partial charge in [0, 0.05) is 18.7 Å². The molecular formula is C14H15N5O3S. The summed E-state index contributed by atoms with van der Waals surface area (Å²) in [7, 11) is -1.87. The van der Waals surface area contributed by atoms with Crippen molar-refractivity contribution < 1.29 is 13.2 Å². The summed E-state index contributed by atoms with van der Waals surface area (Å²) in [5.41, 5.74) is 1.25. The number of rotatable bonds is 3. The second-order valence-corrected chi connectivity index (χ2v) is 6.76. The molecule has 120 valence electrons. The van der Waals surface area contributed by atoms with E-state index < -0.39 is 10.0 Å². The number of aliphatic imine (C=N–C) groups is 1. The first kappa shape index (κ1) is 15.2. The van der Waals surface area contributed by atoms with Crippen LogP contribution in [0.1, 0.15) is 11.3 Å². The number of sulfonamides is 1. The van der Waals surface area contributed by atoms with Crippen molar-refractivity contribution in [2.45, 2.75) is 11.8 Å². The maximum absolute atomic E-state index is 12.0. The van der Waals surface area contributed by atoms with Crippen molar-refractivity contribution in [2.24, 2.45) is 12.0 Å². The fourth-order valence-corrected chi connectivity index (χ4v) is 3.56. The maximum Gasteiger partial charge on any atom is 0.263 e. The number of aromatic nitrogens is 2. The lowest BCUT2D eigenvalue weighted by Gasteiger charge is -2.03. The Labute approximate surface area is 133 Å². The zero-order valence-electron chi connectivity index (χ0n) is 12.6. The molecule has 23 heavy (non-hydrogen) atoms. The van der Waals surface area contributed by atoms with Crippen LogP contribution in [0.25, 0.3) is 0 Å². The Bertz CT molecular complexity index is 914. The highest BCUT2D eigenvalue weighted by Crippen LogP contribution is 2.22. The predicted octanol–water partition coefficient (Wildman–Crippen LogP) is 0.406. The number of carbonyl (C=O) groups excluding carboxylic acids is 1. The molecule has 8 nitrogen and oxygen atoms in total. The highest BCUT2D eigenvalue weighted by molar-refractivity contribution is 7.90.